The Morgan fingerprint density at radius 3 is 2.50 bits per heavy atom. The zero-order valence-electron chi connectivity index (χ0n) is 9.86. The normalized spacial score (nSPS) is 10.1. The van der Waals surface area contributed by atoms with E-state index in [4.69, 9.17) is 19.9 Å². The van der Waals surface area contributed by atoms with Gasteiger partial charge in [-0.25, -0.2) is 0 Å². The molecule has 0 spiro atoms. The van der Waals surface area contributed by atoms with Gasteiger partial charge in [-0.2, -0.15) is 0 Å². The van der Waals surface area contributed by atoms with Crippen molar-refractivity contribution in [2.45, 2.75) is 12.8 Å². The van der Waals surface area contributed by atoms with Crippen LogP contribution in [0, 0.1) is 0 Å². The van der Waals surface area contributed by atoms with Gasteiger partial charge in [0.1, 0.15) is 0 Å². The summed E-state index contributed by atoms with van der Waals surface area (Å²) >= 11 is 0. The van der Waals surface area contributed by atoms with Gasteiger partial charge in [0.2, 0.25) is 0 Å². The molecular weight excluding hydrogens is 206 g/mol. The Kier molecular flexibility index (Phi) is 5.50. The second-order valence-electron chi connectivity index (χ2n) is 3.46. The van der Waals surface area contributed by atoms with Crippen LogP contribution in [0.25, 0.3) is 0 Å². The average molecular weight is 225 g/mol. The smallest absolute Gasteiger partial charge is 0.162 e. The van der Waals surface area contributed by atoms with Crippen LogP contribution in [0.4, 0.5) is 5.69 Å². The van der Waals surface area contributed by atoms with Crippen molar-refractivity contribution >= 4 is 5.69 Å². The molecule has 0 aliphatic carbocycles. The maximum absolute atomic E-state index is 5.65. The molecule has 0 saturated carbocycles. The van der Waals surface area contributed by atoms with Gasteiger partial charge in [0.05, 0.1) is 13.7 Å². The first-order chi connectivity index (χ1) is 7.77. The molecule has 0 unspecified atom stereocenters. The molecule has 2 N–H and O–H groups in total. The predicted molar refractivity (Wildman–Crippen MR) is 64.0 cm³/mol. The second-order valence-corrected chi connectivity index (χ2v) is 3.46. The number of anilines is 1. The number of nitrogen functional groups attached to an aromatic ring is 1. The molecule has 4 heteroatoms. The highest BCUT2D eigenvalue weighted by Crippen LogP contribution is 2.28. The number of nitrogens with two attached hydrogens (primary N) is 1. The molecule has 4 nitrogen and oxygen atoms in total. The summed E-state index contributed by atoms with van der Waals surface area (Å²) < 4.78 is 15.7. The molecule has 0 heterocycles. The van der Waals surface area contributed by atoms with Gasteiger partial charge in [-0.15, -0.1) is 0 Å². The van der Waals surface area contributed by atoms with Crippen LogP contribution in [0.1, 0.15) is 12.8 Å². The average Bonchev–Trinajstić information content (AvgIpc) is 2.30. The molecule has 0 fully saturated rings. The van der Waals surface area contributed by atoms with Gasteiger partial charge in [0.25, 0.3) is 0 Å². The first-order valence-corrected chi connectivity index (χ1v) is 5.33. The van der Waals surface area contributed by atoms with Crippen LogP contribution in [0.15, 0.2) is 18.2 Å². The monoisotopic (exact) mass is 225 g/mol. The molecule has 0 aromatic heterocycles. The molecule has 0 amide bonds. The van der Waals surface area contributed by atoms with Crippen LogP contribution in [0.3, 0.4) is 0 Å². The Bertz CT molecular complexity index is 315. The van der Waals surface area contributed by atoms with Gasteiger partial charge in [0, 0.05) is 25.5 Å². The maximum atomic E-state index is 5.65. The summed E-state index contributed by atoms with van der Waals surface area (Å²) in [7, 11) is 3.30. The molecule has 1 aromatic rings. The lowest BCUT2D eigenvalue weighted by Crippen LogP contribution is -2.01. The molecule has 90 valence electrons. The quantitative estimate of drug-likeness (QED) is 0.570. The number of ether oxygens (including phenoxy) is 3. The summed E-state index contributed by atoms with van der Waals surface area (Å²) in [6, 6.07) is 5.38. The predicted octanol–water partition coefficient (Wildman–Crippen LogP) is 2.08. The fourth-order valence-corrected chi connectivity index (χ4v) is 1.33. The number of unbranched alkanes of at least 4 members (excludes halogenated alkanes) is 1. The minimum absolute atomic E-state index is 0.656. The number of rotatable bonds is 7. The van der Waals surface area contributed by atoms with Crippen LogP contribution < -0.4 is 15.2 Å². The molecule has 0 radical (unpaired) electrons. The van der Waals surface area contributed by atoms with Crippen LogP contribution >= 0.6 is 0 Å². The highest BCUT2D eigenvalue weighted by atomic mass is 16.5. The Labute approximate surface area is 96.3 Å². The lowest BCUT2D eigenvalue weighted by Gasteiger charge is -2.10. The van der Waals surface area contributed by atoms with E-state index in [9.17, 15) is 0 Å². The fourth-order valence-electron chi connectivity index (χ4n) is 1.33. The van der Waals surface area contributed by atoms with Gasteiger partial charge >= 0.3 is 0 Å². The van der Waals surface area contributed by atoms with Crippen LogP contribution in [-0.4, -0.2) is 27.4 Å². The van der Waals surface area contributed by atoms with Crippen LogP contribution in [0.2, 0.25) is 0 Å². The van der Waals surface area contributed by atoms with Crippen molar-refractivity contribution in [2.24, 2.45) is 0 Å². The third-order valence-corrected chi connectivity index (χ3v) is 2.19. The van der Waals surface area contributed by atoms with E-state index in [1.807, 2.05) is 6.07 Å². The largest absolute Gasteiger partial charge is 0.493 e. The zero-order valence-corrected chi connectivity index (χ0v) is 9.86. The van der Waals surface area contributed by atoms with Crippen molar-refractivity contribution in [3.63, 3.8) is 0 Å². The third kappa shape index (κ3) is 3.98. The van der Waals surface area contributed by atoms with E-state index in [0.717, 1.165) is 25.2 Å². The minimum atomic E-state index is 0.656. The summed E-state index contributed by atoms with van der Waals surface area (Å²) in [5.41, 5.74) is 6.32. The molecule has 0 bridgehead atoms. The number of hydrogen-bond acceptors (Lipinski definition) is 4. The summed E-state index contributed by atoms with van der Waals surface area (Å²) in [5.74, 6) is 1.40. The van der Waals surface area contributed by atoms with Crippen molar-refractivity contribution in [2.75, 3.05) is 33.2 Å². The Morgan fingerprint density at radius 2 is 1.81 bits per heavy atom. The van der Waals surface area contributed by atoms with Crippen LogP contribution in [0.5, 0.6) is 11.5 Å². The summed E-state index contributed by atoms with van der Waals surface area (Å²) in [6.07, 6.45) is 1.95. The minimum Gasteiger partial charge on any atom is -0.493 e. The van der Waals surface area contributed by atoms with Crippen LogP contribution in [-0.2, 0) is 4.74 Å². The van der Waals surface area contributed by atoms with E-state index in [1.54, 1.807) is 26.4 Å². The van der Waals surface area contributed by atoms with Crippen molar-refractivity contribution < 1.29 is 14.2 Å². The summed E-state index contributed by atoms with van der Waals surface area (Å²) in [5, 5.41) is 0. The third-order valence-electron chi connectivity index (χ3n) is 2.19. The van der Waals surface area contributed by atoms with Gasteiger partial charge in [-0.3, -0.25) is 0 Å². The van der Waals surface area contributed by atoms with Crippen molar-refractivity contribution in [3.8, 4) is 11.5 Å². The number of benzene rings is 1. The lowest BCUT2D eigenvalue weighted by molar-refractivity contribution is 0.183. The van der Waals surface area contributed by atoms with E-state index in [1.165, 1.54) is 0 Å². The summed E-state index contributed by atoms with van der Waals surface area (Å²) in [4.78, 5) is 0. The highest BCUT2D eigenvalue weighted by Gasteiger charge is 2.03. The highest BCUT2D eigenvalue weighted by molar-refractivity contribution is 5.51. The Hall–Kier alpha value is -1.42. The molecular formula is C12H19NO3. The van der Waals surface area contributed by atoms with E-state index in [2.05, 4.69) is 0 Å². The first-order valence-electron chi connectivity index (χ1n) is 5.33. The lowest BCUT2D eigenvalue weighted by atomic mass is 10.3. The topological polar surface area (TPSA) is 53.7 Å². The molecule has 1 aromatic carbocycles. The van der Waals surface area contributed by atoms with Crippen molar-refractivity contribution in [1.82, 2.24) is 0 Å². The number of methoxy groups -OCH3 is 2. The van der Waals surface area contributed by atoms with Gasteiger partial charge in [-0.05, 0) is 25.0 Å². The van der Waals surface area contributed by atoms with E-state index in [-0.39, 0.29) is 0 Å². The zero-order chi connectivity index (χ0) is 11.8. The maximum Gasteiger partial charge on any atom is 0.162 e. The summed E-state index contributed by atoms with van der Waals surface area (Å²) in [6.45, 7) is 1.42. The van der Waals surface area contributed by atoms with Gasteiger partial charge in [-0.1, -0.05) is 0 Å². The van der Waals surface area contributed by atoms with Gasteiger partial charge < -0.3 is 19.9 Å². The molecule has 1 rings (SSSR count). The first kappa shape index (κ1) is 12.6. The fraction of sp³-hybridized carbons (Fsp3) is 0.500. The Balaban J connectivity index is 2.41. The molecule has 16 heavy (non-hydrogen) atoms. The SMILES string of the molecule is COCCCCOc1ccc(N)cc1OC. The Morgan fingerprint density at radius 1 is 1.06 bits per heavy atom. The molecule has 0 aliphatic rings. The number of hydrogen-bond donors (Lipinski definition) is 1. The molecule has 0 saturated heterocycles. The standard InChI is InChI=1S/C12H19NO3/c1-14-7-3-4-8-16-11-6-5-10(13)9-12(11)15-2/h5-6,9H,3-4,7-8,13H2,1-2H3. The van der Waals surface area contributed by atoms with E-state index in [0.29, 0.717) is 18.0 Å². The van der Waals surface area contributed by atoms with Crippen molar-refractivity contribution in [1.29, 1.82) is 0 Å². The van der Waals surface area contributed by atoms with Crippen molar-refractivity contribution in [3.05, 3.63) is 18.2 Å². The molecule has 0 aliphatic heterocycles. The van der Waals surface area contributed by atoms with E-state index < -0.39 is 0 Å². The second kappa shape index (κ2) is 6.95. The van der Waals surface area contributed by atoms with E-state index >= 15 is 0 Å². The molecule has 0 atom stereocenters. The van der Waals surface area contributed by atoms with Gasteiger partial charge in [0.15, 0.2) is 11.5 Å².